The number of nitrogens with zero attached hydrogens (tertiary/aromatic N) is 3. The van der Waals surface area contributed by atoms with Crippen LogP contribution in [0, 0.1) is 10.1 Å². The van der Waals surface area contributed by atoms with Crippen molar-refractivity contribution in [2.24, 2.45) is 5.73 Å². The minimum atomic E-state index is -0.776. The number of nitrogens with two attached hydrogens (primary N) is 1. The number of anilines is 1. The Bertz CT molecular complexity index is 753. The number of benzene rings is 1. The van der Waals surface area contributed by atoms with Crippen LogP contribution in [0.2, 0.25) is 0 Å². The van der Waals surface area contributed by atoms with E-state index in [0.717, 1.165) is 6.07 Å². The Hall–Kier alpha value is -3.23. The van der Waals surface area contributed by atoms with Gasteiger partial charge in [-0.1, -0.05) is 6.07 Å². The number of amides is 2. The van der Waals surface area contributed by atoms with Gasteiger partial charge in [0.1, 0.15) is 0 Å². The third-order valence-corrected chi connectivity index (χ3v) is 2.89. The number of aromatic nitrogens is 2. The molecule has 22 heavy (non-hydrogen) atoms. The molecule has 1 aromatic carbocycles. The second kappa shape index (κ2) is 6.04. The van der Waals surface area contributed by atoms with Gasteiger partial charge in [-0.05, 0) is 13.0 Å². The number of carbonyl (C=O) groups is 2. The fourth-order valence-electron chi connectivity index (χ4n) is 1.81. The van der Waals surface area contributed by atoms with Crippen molar-refractivity contribution in [3.8, 4) is 0 Å². The molecular formula is C13H13N5O4. The first-order valence-corrected chi connectivity index (χ1v) is 6.35. The Balaban J connectivity index is 2.29. The summed E-state index contributed by atoms with van der Waals surface area (Å²) in [6, 6.07) is 5.25. The lowest BCUT2D eigenvalue weighted by atomic mass is 10.2. The quantitative estimate of drug-likeness (QED) is 0.631. The third kappa shape index (κ3) is 3.08. The Morgan fingerprint density at radius 1 is 1.45 bits per heavy atom. The van der Waals surface area contributed by atoms with Crippen LogP contribution < -0.4 is 11.1 Å². The number of rotatable bonds is 5. The molecule has 9 nitrogen and oxygen atoms in total. The second-order valence-corrected chi connectivity index (χ2v) is 4.37. The van der Waals surface area contributed by atoms with Gasteiger partial charge in [0.05, 0.1) is 10.6 Å². The lowest BCUT2D eigenvalue weighted by Gasteiger charge is -2.03. The van der Waals surface area contributed by atoms with Gasteiger partial charge in [-0.25, -0.2) is 0 Å². The van der Waals surface area contributed by atoms with Crippen molar-refractivity contribution in [1.29, 1.82) is 0 Å². The fourth-order valence-corrected chi connectivity index (χ4v) is 1.81. The second-order valence-electron chi connectivity index (χ2n) is 4.37. The van der Waals surface area contributed by atoms with Crippen molar-refractivity contribution in [3.63, 3.8) is 0 Å². The number of nitrogens with one attached hydrogen (secondary N) is 1. The molecule has 0 bridgehead atoms. The maximum absolute atomic E-state index is 12.1. The number of nitro benzene ring substituents is 1. The highest BCUT2D eigenvalue weighted by Gasteiger charge is 2.18. The summed E-state index contributed by atoms with van der Waals surface area (Å²) in [4.78, 5) is 33.6. The normalized spacial score (nSPS) is 10.2. The first kappa shape index (κ1) is 15.2. The number of hydrogen-bond donors (Lipinski definition) is 2. The van der Waals surface area contributed by atoms with Gasteiger partial charge in [-0.2, -0.15) is 5.10 Å². The standard InChI is InChI=1S/C13H13N5O4/c1-2-17-7-10(11(16-17)12(14)19)15-13(20)8-4-3-5-9(6-8)18(21)22/h3-7H,2H2,1H3,(H2,14,19)(H,15,20). The average molecular weight is 303 g/mol. The van der Waals surface area contributed by atoms with Gasteiger partial charge in [0.2, 0.25) is 0 Å². The average Bonchev–Trinajstić information content (AvgIpc) is 2.90. The van der Waals surface area contributed by atoms with Crippen LogP contribution in [0.15, 0.2) is 30.5 Å². The van der Waals surface area contributed by atoms with Gasteiger partial charge >= 0.3 is 0 Å². The SMILES string of the molecule is CCn1cc(NC(=O)c2cccc([N+](=O)[O-])c2)c(C(N)=O)n1. The number of aryl methyl sites for hydroxylation is 1. The highest BCUT2D eigenvalue weighted by atomic mass is 16.6. The molecule has 9 heteroatoms. The number of hydrogen-bond acceptors (Lipinski definition) is 5. The maximum atomic E-state index is 12.1. The molecular weight excluding hydrogens is 290 g/mol. The van der Waals surface area contributed by atoms with E-state index >= 15 is 0 Å². The van der Waals surface area contributed by atoms with E-state index in [1.807, 2.05) is 6.92 Å². The Morgan fingerprint density at radius 3 is 2.77 bits per heavy atom. The minimum absolute atomic E-state index is 0.0689. The maximum Gasteiger partial charge on any atom is 0.271 e. The zero-order valence-corrected chi connectivity index (χ0v) is 11.6. The van der Waals surface area contributed by atoms with Crippen LogP contribution in [0.25, 0.3) is 0 Å². The molecule has 2 aromatic rings. The molecule has 0 unspecified atom stereocenters. The van der Waals surface area contributed by atoms with E-state index in [0.29, 0.717) is 6.54 Å². The highest BCUT2D eigenvalue weighted by molar-refractivity contribution is 6.08. The summed E-state index contributed by atoms with van der Waals surface area (Å²) in [5.41, 5.74) is 5.18. The van der Waals surface area contributed by atoms with Crippen molar-refractivity contribution in [2.75, 3.05) is 5.32 Å². The van der Waals surface area contributed by atoms with Gasteiger partial charge in [0, 0.05) is 30.4 Å². The van der Waals surface area contributed by atoms with Gasteiger partial charge in [0.15, 0.2) is 5.69 Å². The molecule has 114 valence electrons. The predicted molar refractivity (Wildman–Crippen MR) is 77.5 cm³/mol. The molecule has 1 aromatic heterocycles. The summed E-state index contributed by atoms with van der Waals surface area (Å²) < 4.78 is 1.45. The van der Waals surface area contributed by atoms with E-state index in [4.69, 9.17) is 5.73 Å². The van der Waals surface area contributed by atoms with E-state index in [2.05, 4.69) is 10.4 Å². The summed E-state index contributed by atoms with van der Waals surface area (Å²) in [6.07, 6.45) is 1.47. The smallest absolute Gasteiger partial charge is 0.271 e. The largest absolute Gasteiger partial charge is 0.364 e. The van der Waals surface area contributed by atoms with E-state index in [9.17, 15) is 19.7 Å². The summed E-state index contributed by atoms with van der Waals surface area (Å²) in [5, 5.41) is 17.1. The Labute approximate surface area is 124 Å². The van der Waals surface area contributed by atoms with E-state index in [1.165, 1.54) is 29.1 Å². The fraction of sp³-hybridized carbons (Fsp3) is 0.154. The number of primary amides is 1. The van der Waals surface area contributed by atoms with Crippen LogP contribution in [0.3, 0.4) is 0 Å². The van der Waals surface area contributed by atoms with Crippen LogP contribution in [0.1, 0.15) is 27.8 Å². The molecule has 0 fully saturated rings. The van der Waals surface area contributed by atoms with E-state index < -0.39 is 16.7 Å². The zero-order valence-electron chi connectivity index (χ0n) is 11.6. The number of non-ortho nitro benzene ring substituents is 1. The molecule has 0 radical (unpaired) electrons. The van der Waals surface area contributed by atoms with Crippen molar-refractivity contribution in [1.82, 2.24) is 9.78 Å². The van der Waals surface area contributed by atoms with Gasteiger partial charge in [-0.3, -0.25) is 24.4 Å². The highest BCUT2D eigenvalue weighted by Crippen LogP contribution is 2.17. The van der Waals surface area contributed by atoms with Crippen molar-refractivity contribution in [3.05, 3.63) is 51.8 Å². The van der Waals surface area contributed by atoms with Crippen LogP contribution in [-0.2, 0) is 6.54 Å². The summed E-state index contributed by atoms with van der Waals surface area (Å²) in [6.45, 7) is 2.30. The molecule has 2 rings (SSSR count). The molecule has 0 aliphatic heterocycles. The first-order valence-electron chi connectivity index (χ1n) is 6.35. The first-order chi connectivity index (χ1) is 10.4. The monoisotopic (exact) mass is 303 g/mol. The topological polar surface area (TPSA) is 133 Å². The third-order valence-electron chi connectivity index (χ3n) is 2.89. The molecule has 3 N–H and O–H groups in total. The van der Waals surface area contributed by atoms with E-state index in [1.54, 1.807) is 0 Å². The molecule has 1 heterocycles. The van der Waals surface area contributed by atoms with Crippen molar-refractivity contribution >= 4 is 23.2 Å². The van der Waals surface area contributed by atoms with Crippen LogP contribution in [-0.4, -0.2) is 26.5 Å². The summed E-state index contributed by atoms with van der Waals surface area (Å²) in [5.74, 6) is -1.37. The summed E-state index contributed by atoms with van der Waals surface area (Å²) in [7, 11) is 0. The molecule has 2 amide bonds. The van der Waals surface area contributed by atoms with Crippen molar-refractivity contribution < 1.29 is 14.5 Å². The molecule has 0 spiro atoms. The van der Waals surface area contributed by atoms with E-state index in [-0.39, 0.29) is 22.6 Å². The lowest BCUT2D eigenvalue weighted by Crippen LogP contribution is -2.18. The Morgan fingerprint density at radius 2 is 2.18 bits per heavy atom. The van der Waals surface area contributed by atoms with Crippen LogP contribution in [0.4, 0.5) is 11.4 Å². The molecule has 0 atom stereocenters. The van der Waals surface area contributed by atoms with Crippen LogP contribution >= 0.6 is 0 Å². The van der Waals surface area contributed by atoms with Gasteiger partial charge in [-0.15, -0.1) is 0 Å². The minimum Gasteiger partial charge on any atom is -0.364 e. The molecule has 0 saturated heterocycles. The molecule has 0 saturated carbocycles. The predicted octanol–water partition coefficient (Wildman–Crippen LogP) is 1.16. The number of nitro groups is 1. The Kier molecular flexibility index (Phi) is 4.16. The van der Waals surface area contributed by atoms with Crippen molar-refractivity contribution in [2.45, 2.75) is 13.5 Å². The molecule has 0 aliphatic rings. The van der Waals surface area contributed by atoms with Crippen LogP contribution in [0.5, 0.6) is 0 Å². The zero-order chi connectivity index (χ0) is 16.3. The van der Waals surface area contributed by atoms with Gasteiger partial charge < -0.3 is 11.1 Å². The number of carbonyl (C=O) groups excluding carboxylic acids is 2. The lowest BCUT2D eigenvalue weighted by molar-refractivity contribution is -0.384. The summed E-state index contributed by atoms with van der Waals surface area (Å²) >= 11 is 0. The molecule has 0 aliphatic carbocycles. The van der Waals surface area contributed by atoms with Gasteiger partial charge in [0.25, 0.3) is 17.5 Å².